The molecule has 0 bridgehead atoms. The number of thioether (sulfide) groups is 1. The smallest absolute Gasteiger partial charge is 0.303 e. The summed E-state index contributed by atoms with van der Waals surface area (Å²) in [6.07, 6.45) is -0.258. The molecule has 0 fully saturated rings. The summed E-state index contributed by atoms with van der Waals surface area (Å²) in [6, 6.07) is 23.0. The minimum Gasteiger partial charge on any atom is -0.489 e. The zero-order valence-electron chi connectivity index (χ0n) is 19.0. The second-order valence-corrected chi connectivity index (χ2v) is 11.2. The minimum atomic E-state index is -3.69. The third-order valence-electron chi connectivity index (χ3n) is 5.49. The third-order valence-corrected chi connectivity index (χ3v) is 8.21. The zero-order valence-corrected chi connectivity index (χ0v) is 20.6. The van der Waals surface area contributed by atoms with E-state index in [9.17, 15) is 18.3 Å². The van der Waals surface area contributed by atoms with E-state index in [0.29, 0.717) is 17.9 Å². The number of hydrogen-bond donors (Lipinski definition) is 2. The second-order valence-electron chi connectivity index (χ2n) is 8.10. The normalized spacial score (nSPS) is 14.2. The van der Waals surface area contributed by atoms with E-state index in [-0.39, 0.29) is 17.1 Å². The molecular formula is C26H26N2O5S2. The van der Waals surface area contributed by atoms with Gasteiger partial charge < -0.3 is 15.2 Å². The Labute approximate surface area is 209 Å². The summed E-state index contributed by atoms with van der Waals surface area (Å²) in [5.41, 5.74) is 2.63. The van der Waals surface area contributed by atoms with Crippen LogP contribution in [0.2, 0.25) is 0 Å². The first-order valence-electron chi connectivity index (χ1n) is 11.1. The van der Waals surface area contributed by atoms with Crippen LogP contribution in [0.25, 0.3) is 0 Å². The van der Waals surface area contributed by atoms with Crippen molar-refractivity contribution in [2.75, 3.05) is 23.4 Å². The topological polar surface area (TPSA) is 105 Å². The van der Waals surface area contributed by atoms with Gasteiger partial charge in [0, 0.05) is 17.4 Å². The Morgan fingerprint density at radius 1 is 1.03 bits per heavy atom. The highest BCUT2D eigenvalue weighted by atomic mass is 32.2. The lowest BCUT2D eigenvalue weighted by atomic mass is 9.98. The number of carboxylic acid groups (broad SMARTS) is 1. The van der Waals surface area contributed by atoms with Crippen LogP contribution in [-0.2, 0) is 21.2 Å². The summed E-state index contributed by atoms with van der Waals surface area (Å²) in [7, 11) is -3.69. The number of ether oxygens (including phenoxy) is 1. The molecule has 35 heavy (non-hydrogen) atoms. The van der Waals surface area contributed by atoms with Crippen molar-refractivity contribution in [3.05, 3.63) is 90.0 Å². The van der Waals surface area contributed by atoms with Crippen LogP contribution in [0.4, 0.5) is 5.69 Å². The molecule has 1 aliphatic rings. The van der Waals surface area contributed by atoms with Gasteiger partial charge in [0.2, 0.25) is 0 Å². The largest absolute Gasteiger partial charge is 0.489 e. The maximum atomic E-state index is 13.0. The standard InChI is InChI=1S/C26H26N2O5S2/c29-25(30)16-21(20-4-2-1-3-5-20)18-35(31,32)24-12-10-23(11-13-24)33-17-19-6-8-22(9-7-19)28-26-27-14-15-34-26/h1-13,21H,14-18H2,(H,27,28)(H,29,30). The summed E-state index contributed by atoms with van der Waals surface area (Å²) in [4.78, 5) is 15.8. The molecule has 0 saturated carbocycles. The summed E-state index contributed by atoms with van der Waals surface area (Å²) in [5.74, 6) is -0.397. The lowest BCUT2D eigenvalue weighted by molar-refractivity contribution is -0.137. The van der Waals surface area contributed by atoms with E-state index >= 15 is 0 Å². The molecule has 9 heteroatoms. The van der Waals surface area contributed by atoms with Crippen molar-refractivity contribution < 1.29 is 23.1 Å². The number of benzene rings is 3. The maximum absolute atomic E-state index is 13.0. The Hall–Kier alpha value is -3.30. The molecular weight excluding hydrogens is 484 g/mol. The van der Waals surface area contributed by atoms with E-state index in [1.807, 2.05) is 30.3 Å². The molecule has 182 valence electrons. The van der Waals surface area contributed by atoms with Crippen LogP contribution in [-0.4, -0.2) is 42.7 Å². The molecule has 1 aliphatic heterocycles. The highest BCUT2D eigenvalue weighted by Crippen LogP contribution is 2.26. The molecule has 0 spiro atoms. The van der Waals surface area contributed by atoms with Gasteiger partial charge in [0.25, 0.3) is 0 Å². The number of nitrogens with one attached hydrogen (secondary N) is 1. The van der Waals surface area contributed by atoms with Crippen molar-refractivity contribution in [3.8, 4) is 5.75 Å². The van der Waals surface area contributed by atoms with Crippen molar-refractivity contribution in [3.63, 3.8) is 0 Å². The quantitative estimate of drug-likeness (QED) is 0.403. The molecule has 4 rings (SSSR count). The van der Waals surface area contributed by atoms with E-state index in [4.69, 9.17) is 4.74 Å². The fraction of sp³-hybridized carbons (Fsp3) is 0.231. The summed E-state index contributed by atoms with van der Waals surface area (Å²) >= 11 is 1.70. The van der Waals surface area contributed by atoms with Gasteiger partial charge in [-0.2, -0.15) is 0 Å². The Balaban J connectivity index is 1.36. The summed E-state index contributed by atoms with van der Waals surface area (Å²) < 4.78 is 31.8. The fourth-order valence-electron chi connectivity index (χ4n) is 3.70. The molecule has 0 amide bonds. The Kier molecular flexibility index (Phi) is 8.09. The first-order valence-corrected chi connectivity index (χ1v) is 13.8. The second kappa shape index (κ2) is 11.4. The fourth-order valence-corrected chi connectivity index (χ4v) is 6.03. The van der Waals surface area contributed by atoms with Gasteiger partial charge in [-0.15, -0.1) is 0 Å². The zero-order chi connectivity index (χ0) is 24.7. The van der Waals surface area contributed by atoms with Crippen LogP contribution in [0, 0.1) is 0 Å². The van der Waals surface area contributed by atoms with E-state index in [0.717, 1.165) is 28.7 Å². The predicted molar refractivity (Wildman–Crippen MR) is 139 cm³/mol. The monoisotopic (exact) mass is 510 g/mol. The molecule has 7 nitrogen and oxygen atoms in total. The van der Waals surface area contributed by atoms with E-state index in [1.165, 1.54) is 12.1 Å². The number of aliphatic carboxylic acids is 1. The summed E-state index contributed by atoms with van der Waals surface area (Å²) in [5, 5.41) is 13.5. The molecule has 0 radical (unpaired) electrons. The highest BCUT2D eigenvalue weighted by molar-refractivity contribution is 8.14. The number of aliphatic imine (C=N–C) groups is 1. The number of nitrogens with zero attached hydrogens (tertiary/aromatic N) is 1. The average molecular weight is 511 g/mol. The van der Waals surface area contributed by atoms with Crippen LogP contribution >= 0.6 is 11.8 Å². The van der Waals surface area contributed by atoms with Gasteiger partial charge in [0.05, 0.1) is 23.6 Å². The van der Waals surface area contributed by atoms with Crippen LogP contribution < -0.4 is 10.1 Å². The molecule has 3 aromatic rings. The Morgan fingerprint density at radius 3 is 2.37 bits per heavy atom. The predicted octanol–water partition coefficient (Wildman–Crippen LogP) is 4.81. The van der Waals surface area contributed by atoms with Crippen molar-refractivity contribution >= 4 is 38.4 Å². The van der Waals surface area contributed by atoms with E-state index < -0.39 is 21.7 Å². The SMILES string of the molecule is O=C(O)CC(CS(=O)(=O)c1ccc(OCc2ccc(NC3=NCCS3)cc2)cc1)c1ccccc1. The lowest BCUT2D eigenvalue weighted by Gasteiger charge is -2.16. The van der Waals surface area contributed by atoms with Crippen molar-refractivity contribution in [2.24, 2.45) is 4.99 Å². The number of rotatable bonds is 10. The van der Waals surface area contributed by atoms with Crippen LogP contribution in [0.3, 0.4) is 0 Å². The van der Waals surface area contributed by atoms with Gasteiger partial charge in [-0.05, 0) is 47.5 Å². The molecule has 0 saturated heterocycles. The molecule has 1 unspecified atom stereocenters. The van der Waals surface area contributed by atoms with Crippen LogP contribution in [0.15, 0.2) is 88.8 Å². The summed E-state index contributed by atoms with van der Waals surface area (Å²) in [6.45, 7) is 1.19. The van der Waals surface area contributed by atoms with Crippen molar-refractivity contribution in [1.29, 1.82) is 0 Å². The number of hydrogen-bond acceptors (Lipinski definition) is 7. The molecule has 0 aliphatic carbocycles. The molecule has 3 aromatic carbocycles. The number of sulfone groups is 1. The maximum Gasteiger partial charge on any atom is 0.303 e. The first-order chi connectivity index (χ1) is 16.9. The number of amidine groups is 1. The van der Waals surface area contributed by atoms with Crippen LogP contribution in [0.1, 0.15) is 23.5 Å². The van der Waals surface area contributed by atoms with Gasteiger partial charge in [0.1, 0.15) is 12.4 Å². The lowest BCUT2D eigenvalue weighted by Crippen LogP contribution is -2.18. The Bertz CT molecular complexity index is 1280. The van der Waals surface area contributed by atoms with Crippen LogP contribution in [0.5, 0.6) is 5.75 Å². The molecule has 1 atom stereocenters. The van der Waals surface area contributed by atoms with E-state index in [1.54, 1.807) is 48.2 Å². The molecule has 0 aromatic heterocycles. The minimum absolute atomic E-state index is 0.138. The molecule has 1 heterocycles. The van der Waals surface area contributed by atoms with Gasteiger partial charge >= 0.3 is 5.97 Å². The number of carboxylic acids is 1. The van der Waals surface area contributed by atoms with Crippen molar-refractivity contribution in [1.82, 2.24) is 0 Å². The Morgan fingerprint density at radius 2 is 1.74 bits per heavy atom. The van der Waals surface area contributed by atoms with Gasteiger partial charge in [-0.25, -0.2) is 8.42 Å². The van der Waals surface area contributed by atoms with Gasteiger partial charge in [0.15, 0.2) is 15.0 Å². The molecule has 2 N–H and O–H groups in total. The number of anilines is 1. The first kappa shape index (κ1) is 24.8. The highest BCUT2D eigenvalue weighted by Gasteiger charge is 2.25. The average Bonchev–Trinajstić information content (AvgIpc) is 3.37. The number of carbonyl (C=O) groups is 1. The van der Waals surface area contributed by atoms with Gasteiger partial charge in [-0.1, -0.05) is 54.2 Å². The van der Waals surface area contributed by atoms with E-state index in [2.05, 4.69) is 10.3 Å². The van der Waals surface area contributed by atoms with Crippen molar-refractivity contribution in [2.45, 2.75) is 23.8 Å². The van der Waals surface area contributed by atoms with Gasteiger partial charge in [-0.3, -0.25) is 9.79 Å². The third kappa shape index (κ3) is 7.10.